The minimum Gasteiger partial charge on any atom is -0.216 e. The van der Waals surface area contributed by atoms with Crippen LogP contribution < -0.4 is 0 Å². The van der Waals surface area contributed by atoms with Crippen molar-refractivity contribution in [2.45, 2.75) is 10.1 Å². The molecule has 2 aromatic rings. The third kappa shape index (κ3) is 2.99. The van der Waals surface area contributed by atoms with E-state index in [0.717, 1.165) is 20.1 Å². The fourth-order valence-corrected chi connectivity index (χ4v) is 3.13. The van der Waals surface area contributed by atoms with Gasteiger partial charge in [0.25, 0.3) is 0 Å². The molecule has 0 amide bonds. The van der Waals surface area contributed by atoms with E-state index in [0.29, 0.717) is 0 Å². The van der Waals surface area contributed by atoms with Gasteiger partial charge in [-0.2, -0.15) is 4.37 Å². The zero-order valence-corrected chi connectivity index (χ0v) is 10.7. The maximum Gasteiger partial charge on any atom is 0.170 e. The van der Waals surface area contributed by atoms with Crippen molar-refractivity contribution < 1.29 is 4.39 Å². The molecule has 0 fully saturated rings. The topological polar surface area (TPSA) is 25.8 Å². The van der Waals surface area contributed by atoms with Gasteiger partial charge in [-0.15, -0.1) is 0 Å². The number of nitrogens with zero attached hydrogens (tertiary/aromatic N) is 2. The summed E-state index contributed by atoms with van der Waals surface area (Å²) < 4.78 is 18.4. The van der Waals surface area contributed by atoms with Crippen LogP contribution in [0.1, 0.15) is 5.56 Å². The zero-order valence-electron chi connectivity index (χ0n) is 7.48. The number of rotatable bonds is 3. The van der Waals surface area contributed by atoms with E-state index in [4.69, 9.17) is 0 Å². The van der Waals surface area contributed by atoms with Gasteiger partial charge in [0.15, 0.2) is 4.34 Å². The molecule has 2 rings (SSSR count). The van der Waals surface area contributed by atoms with Crippen LogP contribution in [0.2, 0.25) is 0 Å². The highest BCUT2D eigenvalue weighted by molar-refractivity contribution is 9.10. The summed E-state index contributed by atoms with van der Waals surface area (Å²) in [5.41, 5.74) is 1.05. The van der Waals surface area contributed by atoms with Gasteiger partial charge in [-0.25, -0.2) is 9.37 Å². The van der Waals surface area contributed by atoms with Crippen molar-refractivity contribution in [3.8, 4) is 0 Å². The second kappa shape index (κ2) is 5.05. The van der Waals surface area contributed by atoms with Crippen LogP contribution >= 0.6 is 39.2 Å². The molecular weight excluding hydrogens is 299 g/mol. The number of hydrogen-bond donors (Lipinski definition) is 0. The lowest BCUT2D eigenvalue weighted by Gasteiger charge is -2.02. The van der Waals surface area contributed by atoms with Crippen LogP contribution in [0.15, 0.2) is 33.3 Å². The first kappa shape index (κ1) is 11.0. The maximum atomic E-state index is 12.8. The number of hydrogen-bond acceptors (Lipinski definition) is 4. The van der Waals surface area contributed by atoms with Gasteiger partial charge in [-0.1, -0.05) is 33.8 Å². The third-order valence-corrected chi connectivity index (χ3v) is 4.29. The summed E-state index contributed by atoms with van der Waals surface area (Å²) in [7, 11) is 0. The molecule has 0 spiro atoms. The Kier molecular flexibility index (Phi) is 3.71. The second-order valence-electron chi connectivity index (χ2n) is 2.73. The summed E-state index contributed by atoms with van der Waals surface area (Å²) in [6.07, 6.45) is 1.53. The van der Waals surface area contributed by atoms with Crippen molar-refractivity contribution in [3.63, 3.8) is 0 Å². The molecule has 1 heterocycles. The maximum absolute atomic E-state index is 12.8. The summed E-state index contributed by atoms with van der Waals surface area (Å²) in [5.74, 6) is 0.530. The van der Waals surface area contributed by atoms with E-state index in [1.54, 1.807) is 17.8 Å². The Hall–Kier alpha value is -0.460. The number of aromatic nitrogens is 2. The van der Waals surface area contributed by atoms with Gasteiger partial charge in [0.05, 0.1) is 0 Å². The van der Waals surface area contributed by atoms with Gasteiger partial charge in [-0.05, 0) is 29.2 Å². The minimum absolute atomic E-state index is 0.230. The Morgan fingerprint density at radius 1 is 1.47 bits per heavy atom. The molecule has 0 aliphatic carbocycles. The van der Waals surface area contributed by atoms with Crippen LogP contribution in [0.25, 0.3) is 0 Å². The van der Waals surface area contributed by atoms with Crippen LogP contribution in [-0.4, -0.2) is 9.36 Å². The normalized spacial score (nSPS) is 10.5. The monoisotopic (exact) mass is 304 g/mol. The minimum atomic E-state index is -0.230. The van der Waals surface area contributed by atoms with E-state index >= 15 is 0 Å². The highest BCUT2D eigenvalue weighted by atomic mass is 79.9. The summed E-state index contributed by atoms with van der Waals surface area (Å²) >= 11 is 6.28. The smallest absolute Gasteiger partial charge is 0.170 e. The molecule has 0 bridgehead atoms. The standard InChI is InChI=1S/C9H6BrFN2S2/c10-8-3-7(11)2-1-6(8)4-14-9-12-5-13-15-9/h1-3,5H,4H2. The lowest BCUT2D eigenvalue weighted by Crippen LogP contribution is -1.84. The molecule has 2 nitrogen and oxygen atoms in total. The van der Waals surface area contributed by atoms with E-state index in [-0.39, 0.29) is 5.82 Å². The van der Waals surface area contributed by atoms with Gasteiger partial charge in [0.1, 0.15) is 12.1 Å². The fraction of sp³-hybridized carbons (Fsp3) is 0.111. The van der Waals surface area contributed by atoms with Crippen molar-refractivity contribution in [1.82, 2.24) is 9.36 Å². The lowest BCUT2D eigenvalue weighted by molar-refractivity contribution is 0.626. The second-order valence-corrected chi connectivity index (χ2v) is 5.59. The molecule has 0 saturated heterocycles. The first-order chi connectivity index (χ1) is 7.25. The van der Waals surface area contributed by atoms with Crippen molar-refractivity contribution in [2.24, 2.45) is 0 Å². The zero-order chi connectivity index (χ0) is 10.7. The molecule has 0 aliphatic rings. The predicted molar refractivity (Wildman–Crippen MR) is 63.6 cm³/mol. The van der Waals surface area contributed by atoms with E-state index in [2.05, 4.69) is 25.3 Å². The van der Waals surface area contributed by atoms with Crippen molar-refractivity contribution in [2.75, 3.05) is 0 Å². The van der Waals surface area contributed by atoms with Gasteiger partial charge in [0, 0.05) is 10.2 Å². The Balaban J connectivity index is 2.05. The molecule has 0 unspecified atom stereocenters. The number of thioether (sulfide) groups is 1. The summed E-state index contributed by atoms with van der Waals surface area (Å²) in [4.78, 5) is 4.06. The molecule has 15 heavy (non-hydrogen) atoms. The van der Waals surface area contributed by atoms with Crippen LogP contribution in [-0.2, 0) is 5.75 Å². The van der Waals surface area contributed by atoms with E-state index in [1.165, 1.54) is 30.0 Å². The molecule has 0 saturated carbocycles. The van der Waals surface area contributed by atoms with Gasteiger partial charge < -0.3 is 0 Å². The van der Waals surface area contributed by atoms with Crippen LogP contribution in [0.3, 0.4) is 0 Å². The Morgan fingerprint density at radius 3 is 3.00 bits per heavy atom. The largest absolute Gasteiger partial charge is 0.216 e. The molecule has 0 radical (unpaired) electrons. The molecule has 0 aliphatic heterocycles. The molecule has 1 aromatic carbocycles. The Morgan fingerprint density at radius 2 is 2.33 bits per heavy atom. The highest BCUT2D eigenvalue weighted by Crippen LogP contribution is 2.27. The van der Waals surface area contributed by atoms with E-state index in [1.807, 2.05) is 0 Å². The Bertz CT molecular complexity index is 447. The molecular formula is C9H6BrFN2S2. The predicted octanol–water partition coefficient (Wildman–Crippen LogP) is 3.73. The highest BCUT2D eigenvalue weighted by Gasteiger charge is 2.04. The summed E-state index contributed by atoms with van der Waals surface area (Å²) in [6, 6.07) is 4.70. The molecule has 0 atom stereocenters. The average molecular weight is 305 g/mol. The Labute approximate surface area is 103 Å². The van der Waals surface area contributed by atoms with Gasteiger partial charge in [0.2, 0.25) is 0 Å². The average Bonchev–Trinajstić information content (AvgIpc) is 2.69. The third-order valence-electron chi connectivity index (χ3n) is 1.71. The lowest BCUT2D eigenvalue weighted by atomic mass is 10.2. The van der Waals surface area contributed by atoms with Gasteiger partial charge in [-0.3, -0.25) is 0 Å². The molecule has 1 aromatic heterocycles. The van der Waals surface area contributed by atoms with Crippen molar-refractivity contribution in [1.29, 1.82) is 0 Å². The van der Waals surface area contributed by atoms with E-state index in [9.17, 15) is 4.39 Å². The molecule has 78 valence electrons. The first-order valence-corrected chi connectivity index (χ1v) is 6.64. The van der Waals surface area contributed by atoms with Crippen LogP contribution in [0.4, 0.5) is 4.39 Å². The van der Waals surface area contributed by atoms with Crippen molar-refractivity contribution >= 4 is 39.2 Å². The first-order valence-electron chi connectivity index (χ1n) is 4.09. The van der Waals surface area contributed by atoms with E-state index < -0.39 is 0 Å². The fourth-order valence-electron chi connectivity index (χ4n) is 1.00. The number of halogens is 2. The van der Waals surface area contributed by atoms with Crippen LogP contribution in [0.5, 0.6) is 0 Å². The van der Waals surface area contributed by atoms with Gasteiger partial charge >= 0.3 is 0 Å². The quantitative estimate of drug-likeness (QED) is 0.808. The van der Waals surface area contributed by atoms with Crippen molar-refractivity contribution in [3.05, 3.63) is 40.4 Å². The SMILES string of the molecule is Fc1ccc(CSc2ncns2)c(Br)c1. The molecule has 0 N–H and O–H groups in total. The summed E-state index contributed by atoms with van der Waals surface area (Å²) in [6.45, 7) is 0. The summed E-state index contributed by atoms with van der Waals surface area (Å²) in [5, 5.41) is 0. The number of benzene rings is 1. The molecule has 6 heteroatoms. The van der Waals surface area contributed by atoms with Crippen LogP contribution in [0, 0.1) is 5.82 Å².